The predicted octanol–water partition coefficient (Wildman–Crippen LogP) is 0.770. The molecule has 0 saturated carbocycles. The van der Waals surface area contributed by atoms with Crippen molar-refractivity contribution in [3.8, 4) is 0 Å². The van der Waals surface area contributed by atoms with E-state index in [0.29, 0.717) is 0 Å². The van der Waals surface area contributed by atoms with E-state index in [1.54, 1.807) is 27.7 Å². The second kappa shape index (κ2) is 8.69. The molecule has 1 aromatic heterocycles. The van der Waals surface area contributed by atoms with Crippen molar-refractivity contribution in [3.63, 3.8) is 0 Å². The van der Waals surface area contributed by atoms with Crippen molar-refractivity contribution in [2.24, 2.45) is 11.8 Å². The van der Waals surface area contributed by atoms with Gasteiger partial charge in [0.1, 0.15) is 12.7 Å². The lowest BCUT2D eigenvalue weighted by atomic mass is 10.1. The number of fused-ring (bicyclic) bond motifs is 1. The molecule has 0 aromatic carbocycles. The molecule has 0 aliphatic carbocycles. The van der Waals surface area contributed by atoms with Crippen LogP contribution in [0, 0.1) is 11.8 Å². The van der Waals surface area contributed by atoms with Crippen LogP contribution in [0.15, 0.2) is 17.1 Å². The van der Waals surface area contributed by atoms with Gasteiger partial charge in [0, 0.05) is 12.3 Å². The molecule has 0 spiro atoms. The molecule has 1 aromatic rings. The van der Waals surface area contributed by atoms with Gasteiger partial charge in [-0.15, -0.1) is 0 Å². The van der Waals surface area contributed by atoms with Gasteiger partial charge in [0.15, 0.2) is 24.3 Å². The Morgan fingerprint density at radius 2 is 1.80 bits per heavy atom. The minimum absolute atomic E-state index is 0.0156. The molecule has 0 amide bonds. The predicted molar refractivity (Wildman–Crippen MR) is 97.9 cm³/mol. The maximum absolute atomic E-state index is 12.5. The Morgan fingerprint density at radius 1 is 1.13 bits per heavy atom. The fourth-order valence-electron chi connectivity index (χ4n) is 2.80. The number of ether oxygens (including phenoxy) is 4. The lowest BCUT2D eigenvalue weighted by Gasteiger charge is -2.18. The van der Waals surface area contributed by atoms with E-state index >= 15 is 0 Å². The second-order valence-electron chi connectivity index (χ2n) is 7.45. The Bertz CT molecular complexity index is 882. The van der Waals surface area contributed by atoms with Gasteiger partial charge >= 0.3 is 23.8 Å². The van der Waals surface area contributed by atoms with Gasteiger partial charge in [-0.25, -0.2) is 19.9 Å². The summed E-state index contributed by atoms with van der Waals surface area (Å²) in [6.45, 7) is 6.51. The standard InChI is InChI=1S/C18H23N3O9/c1-8(2)15(22)26-7-10-12-13(29-18(25)28-12)14(27-10)21-6-5-11(19-17(21)24)20-30-16(23)9(3)4/h5-6,8-10,12-14H,7H2,1-4H3,(H,19,20,24)/t10-,12-,13-,14-/m1/s1. The molecule has 164 valence electrons. The molecular formula is C18H23N3O9. The number of aromatic nitrogens is 2. The van der Waals surface area contributed by atoms with Crippen LogP contribution in [0.3, 0.4) is 0 Å². The van der Waals surface area contributed by atoms with Crippen LogP contribution in [0.5, 0.6) is 0 Å². The Balaban J connectivity index is 1.73. The van der Waals surface area contributed by atoms with Crippen LogP contribution in [-0.4, -0.2) is 52.6 Å². The number of carbonyl (C=O) groups is 3. The van der Waals surface area contributed by atoms with Crippen LogP contribution in [0.25, 0.3) is 0 Å². The van der Waals surface area contributed by atoms with Gasteiger partial charge in [0.25, 0.3) is 0 Å². The number of anilines is 1. The van der Waals surface area contributed by atoms with E-state index in [9.17, 15) is 19.2 Å². The molecule has 2 saturated heterocycles. The zero-order chi connectivity index (χ0) is 22.0. The highest BCUT2D eigenvalue weighted by Crippen LogP contribution is 2.37. The smallest absolute Gasteiger partial charge is 0.463 e. The van der Waals surface area contributed by atoms with Gasteiger partial charge in [-0.3, -0.25) is 9.36 Å². The Labute approximate surface area is 171 Å². The summed E-state index contributed by atoms with van der Waals surface area (Å²) in [6.07, 6.45) is -3.17. The third-order valence-corrected chi connectivity index (χ3v) is 4.44. The summed E-state index contributed by atoms with van der Waals surface area (Å²) < 4.78 is 22.3. The average molecular weight is 425 g/mol. The minimum atomic E-state index is -1.03. The average Bonchev–Trinajstić information content (AvgIpc) is 3.21. The Morgan fingerprint density at radius 3 is 2.43 bits per heavy atom. The number of hydrogen-bond donors (Lipinski definition) is 1. The van der Waals surface area contributed by atoms with Gasteiger partial charge < -0.3 is 23.8 Å². The highest BCUT2D eigenvalue weighted by Gasteiger charge is 2.55. The van der Waals surface area contributed by atoms with Crippen molar-refractivity contribution in [2.45, 2.75) is 52.2 Å². The summed E-state index contributed by atoms with van der Waals surface area (Å²) in [5.41, 5.74) is 1.56. The van der Waals surface area contributed by atoms with Gasteiger partial charge in [-0.1, -0.05) is 27.7 Å². The SMILES string of the molecule is CC(C)C(=O)OC[C@H]1O[C@@H](n2ccc(NOC(=O)C(C)C)nc2=O)[C@@H]2OC(=O)O[C@@H]21. The normalized spacial score (nSPS) is 24.9. The first-order valence-corrected chi connectivity index (χ1v) is 9.42. The molecule has 2 fully saturated rings. The maximum atomic E-state index is 12.5. The van der Waals surface area contributed by atoms with E-state index in [1.165, 1.54) is 12.3 Å². The maximum Gasteiger partial charge on any atom is 0.509 e. The van der Waals surface area contributed by atoms with Crippen molar-refractivity contribution >= 4 is 23.9 Å². The second-order valence-corrected chi connectivity index (χ2v) is 7.45. The van der Waals surface area contributed by atoms with Gasteiger partial charge in [-0.2, -0.15) is 4.98 Å². The largest absolute Gasteiger partial charge is 0.509 e. The summed E-state index contributed by atoms with van der Waals surface area (Å²) in [5.74, 6) is -1.63. The van der Waals surface area contributed by atoms with Crippen LogP contribution < -0.4 is 11.2 Å². The number of nitrogens with zero attached hydrogens (tertiary/aromatic N) is 2. The molecule has 0 bridgehead atoms. The van der Waals surface area contributed by atoms with Gasteiger partial charge in [0.05, 0.1) is 11.8 Å². The lowest BCUT2D eigenvalue weighted by Crippen LogP contribution is -2.34. The van der Waals surface area contributed by atoms with E-state index in [4.69, 9.17) is 23.8 Å². The summed E-state index contributed by atoms with van der Waals surface area (Å²) in [6, 6.07) is 1.39. The van der Waals surface area contributed by atoms with Crippen LogP contribution in [0.1, 0.15) is 33.9 Å². The van der Waals surface area contributed by atoms with Crippen LogP contribution in [-0.2, 0) is 33.4 Å². The first-order valence-electron chi connectivity index (χ1n) is 9.42. The van der Waals surface area contributed by atoms with Gasteiger partial charge in [-0.05, 0) is 0 Å². The highest BCUT2D eigenvalue weighted by molar-refractivity contribution is 5.72. The van der Waals surface area contributed by atoms with E-state index in [-0.39, 0.29) is 24.3 Å². The fraction of sp³-hybridized carbons (Fsp3) is 0.611. The number of esters is 1. The number of rotatable bonds is 7. The van der Waals surface area contributed by atoms with Crippen LogP contribution in [0.2, 0.25) is 0 Å². The van der Waals surface area contributed by atoms with Gasteiger partial charge in [0.2, 0.25) is 0 Å². The van der Waals surface area contributed by atoms with Crippen molar-refractivity contribution < 1.29 is 38.2 Å². The lowest BCUT2D eigenvalue weighted by molar-refractivity contribution is -0.154. The number of nitrogens with one attached hydrogen (secondary N) is 1. The van der Waals surface area contributed by atoms with E-state index in [0.717, 1.165) is 4.57 Å². The molecule has 1 N–H and O–H groups in total. The molecule has 4 atom stereocenters. The first kappa shape index (κ1) is 21.6. The third-order valence-electron chi connectivity index (χ3n) is 4.44. The monoisotopic (exact) mass is 425 g/mol. The number of carbonyl (C=O) groups excluding carboxylic acids is 3. The van der Waals surface area contributed by atoms with E-state index < -0.39 is 48.3 Å². The van der Waals surface area contributed by atoms with Crippen LogP contribution >= 0.6 is 0 Å². The van der Waals surface area contributed by atoms with Crippen molar-refractivity contribution in [3.05, 3.63) is 22.7 Å². The summed E-state index contributed by atoms with van der Waals surface area (Å²) >= 11 is 0. The quantitative estimate of drug-likeness (QED) is 0.376. The molecule has 3 rings (SSSR count). The minimum Gasteiger partial charge on any atom is -0.463 e. The Hall–Kier alpha value is -3.15. The molecule has 12 heteroatoms. The topological polar surface area (TPSA) is 144 Å². The first-order chi connectivity index (χ1) is 14.2. The molecule has 2 aliphatic rings. The van der Waals surface area contributed by atoms with Crippen molar-refractivity contribution in [1.29, 1.82) is 0 Å². The highest BCUT2D eigenvalue weighted by atomic mass is 16.8. The van der Waals surface area contributed by atoms with Crippen LogP contribution in [0.4, 0.5) is 10.6 Å². The molecular weight excluding hydrogens is 402 g/mol. The van der Waals surface area contributed by atoms with Crippen molar-refractivity contribution in [1.82, 2.24) is 9.55 Å². The summed E-state index contributed by atoms with van der Waals surface area (Å²) in [7, 11) is 0. The number of hydrogen-bond acceptors (Lipinski definition) is 11. The fourth-order valence-corrected chi connectivity index (χ4v) is 2.80. The molecule has 3 heterocycles. The molecule has 2 aliphatic heterocycles. The molecule has 0 unspecified atom stereocenters. The zero-order valence-electron chi connectivity index (χ0n) is 16.9. The third kappa shape index (κ3) is 4.53. The molecule has 12 nitrogen and oxygen atoms in total. The van der Waals surface area contributed by atoms with E-state index in [1.807, 2.05) is 0 Å². The van der Waals surface area contributed by atoms with Crippen molar-refractivity contribution in [2.75, 3.05) is 12.1 Å². The summed E-state index contributed by atoms with van der Waals surface area (Å²) in [5, 5.41) is 0. The van der Waals surface area contributed by atoms with E-state index in [2.05, 4.69) is 10.5 Å². The summed E-state index contributed by atoms with van der Waals surface area (Å²) in [4.78, 5) is 55.9. The zero-order valence-corrected chi connectivity index (χ0v) is 16.9. The Kier molecular flexibility index (Phi) is 6.25. The molecule has 30 heavy (non-hydrogen) atoms. The molecule has 0 radical (unpaired) electrons.